The van der Waals surface area contributed by atoms with Gasteiger partial charge in [0, 0.05) is 44.6 Å². The lowest BCUT2D eigenvalue weighted by atomic mass is 10.1. The summed E-state index contributed by atoms with van der Waals surface area (Å²) in [6.07, 6.45) is 0.949. The monoisotopic (exact) mass is 516 g/mol. The Bertz CT molecular complexity index is 1310. The lowest BCUT2D eigenvalue weighted by Gasteiger charge is -2.37. The minimum absolute atomic E-state index is 0.0755. The number of amides is 1. The summed E-state index contributed by atoms with van der Waals surface area (Å²) in [6, 6.07) is 2.06. The van der Waals surface area contributed by atoms with E-state index in [9.17, 15) is 18.0 Å². The molecule has 10 nitrogen and oxygen atoms in total. The molecule has 1 unspecified atom stereocenters. The summed E-state index contributed by atoms with van der Waals surface area (Å²) in [6.45, 7) is 4.06. The van der Waals surface area contributed by atoms with Gasteiger partial charge in [0.25, 0.3) is 0 Å². The molecule has 1 fully saturated rings. The van der Waals surface area contributed by atoms with Crippen molar-refractivity contribution in [2.24, 2.45) is 0 Å². The molecule has 2 aliphatic rings. The molecule has 0 aromatic carbocycles. The fourth-order valence-corrected chi connectivity index (χ4v) is 4.66. The Morgan fingerprint density at radius 1 is 1.27 bits per heavy atom. The van der Waals surface area contributed by atoms with E-state index in [1.165, 1.54) is 12.3 Å². The third-order valence-corrected chi connectivity index (χ3v) is 6.86. The number of nitrogens with one attached hydrogen (secondary N) is 2. The van der Waals surface area contributed by atoms with E-state index < -0.39 is 17.9 Å². The first kappa shape index (κ1) is 24.9. The number of anilines is 3. The average Bonchev–Trinajstić information content (AvgIpc) is 3.52. The highest BCUT2D eigenvalue weighted by atomic mass is 19.4. The van der Waals surface area contributed by atoms with Crippen molar-refractivity contribution in [3.63, 3.8) is 0 Å². The Hall–Kier alpha value is -3.74. The molecule has 3 aromatic rings. The second-order valence-corrected chi connectivity index (χ2v) is 9.38. The highest BCUT2D eigenvalue weighted by Crippen LogP contribution is 2.51. The number of rotatable bonds is 7. The standard InChI is InChI=1S/C24H27F3N8O2/c1-12-19-21(34(3)20(13(2)37-4)22(36)32-19)33-23(31-12)29-8-14-9-30-35(11-14)17-7-16(17)15-5-6-18(28-10-15)24(25,26)27/h5-6,9-11,13,16-17,20H,7-8H2,1-4H3,(H,32,36)(H,29,31,33)/t13-,16-,17+,20?/m1/s1. The van der Waals surface area contributed by atoms with Crippen LogP contribution in [0.1, 0.15) is 47.8 Å². The van der Waals surface area contributed by atoms with E-state index in [1.54, 1.807) is 32.2 Å². The normalized spacial score (nSPS) is 21.9. The topological polar surface area (TPSA) is 110 Å². The molecule has 196 valence electrons. The van der Waals surface area contributed by atoms with Crippen molar-refractivity contribution in [2.75, 3.05) is 29.7 Å². The van der Waals surface area contributed by atoms with Gasteiger partial charge in [0.15, 0.2) is 5.82 Å². The third-order valence-electron chi connectivity index (χ3n) is 6.86. The summed E-state index contributed by atoms with van der Waals surface area (Å²) in [7, 11) is 3.36. The number of aryl methyl sites for hydroxylation is 1. The van der Waals surface area contributed by atoms with Crippen LogP contribution in [0, 0.1) is 6.92 Å². The molecule has 0 spiro atoms. The number of fused-ring (bicyclic) bond motifs is 1. The van der Waals surface area contributed by atoms with E-state index in [1.807, 2.05) is 17.8 Å². The molecule has 1 aliphatic carbocycles. The van der Waals surface area contributed by atoms with Crippen LogP contribution < -0.4 is 15.5 Å². The van der Waals surface area contributed by atoms with Crippen molar-refractivity contribution in [1.29, 1.82) is 0 Å². The highest BCUT2D eigenvalue weighted by molar-refractivity contribution is 6.03. The molecule has 13 heteroatoms. The van der Waals surface area contributed by atoms with Crippen LogP contribution in [-0.2, 0) is 22.3 Å². The molecule has 0 bridgehead atoms. The molecule has 2 N–H and O–H groups in total. The maximum absolute atomic E-state index is 12.8. The maximum Gasteiger partial charge on any atom is 0.433 e. The van der Waals surface area contributed by atoms with Crippen LogP contribution in [0.3, 0.4) is 0 Å². The van der Waals surface area contributed by atoms with Gasteiger partial charge in [0.05, 0.1) is 24.0 Å². The summed E-state index contributed by atoms with van der Waals surface area (Å²) < 4.78 is 45.5. The fraction of sp³-hybridized carbons (Fsp3) is 0.458. The Labute approximate surface area is 211 Å². The Kier molecular flexibility index (Phi) is 6.26. The molecule has 1 aliphatic heterocycles. The first-order valence-electron chi connectivity index (χ1n) is 11.8. The van der Waals surface area contributed by atoms with Gasteiger partial charge in [0.1, 0.15) is 17.4 Å². The van der Waals surface area contributed by atoms with E-state index in [-0.39, 0.29) is 24.0 Å². The summed E-state index contributed by atoms with van der Waals surface area (Å²) in [5.74, 6) is 0.922. The number of carbonyl (C=O) groups is 1. The van der Waals surface area contributed by atoms with Gasteiger partial charge >= 0.3 is 6.18 Å². The van der Waals surface area contributed by atoms with Crippen LogP contribution in [0.25, 0.3) is 0 Å². The van der Waals surface area contributed by atoms with Crippen molar-refractivity contribution >= 4 is 23.4 Å². The van der Waals surface area contributed by atoms with Crippen LogP contribution in [0.4, 0.5) is 30.6 Å². The predicted molar refractivity (Wildman–Crippen MR) is 129 cm³/mol. The first-order valence-corrected chi connectivity index (χ1v) is 11.8. The SMILES string of the molecule is CO[C@H](C)C1C(=O)Nc2c(C)nc(NCc3cnn([C@H]4C[C@@H]4c4ccc(C(F)(F)F)nc4)c3)nc2N1C. The first-order chi connectivity index (χ1) is 17.6. The van der Waals surface area contributed by atoms with Gasteiger partial charge in [-0.25, -0.2) is 4.98 Å². The van der Waals surface area contributed by atoms with Crippen molar-refractivity contribution in [1.82, 2.24) is 24.7 Å². The third kappa shape index (κ3) is 4.82. The molecule has 0 radical (unpaired) electrons. The fourth-order valence-electron chi connectivity index (χ4n) is 4.66. The van der Waals surface area contributed by atoms with E-state index >= 15 is 0 Å². The van der Waals surface area contributed by atoms with Gasteiger partial charge in [0.2, 0.25) is 11.9 Å². The van der Waals surface area contributed by atoms with Crippen molar-refractivity contribution < 1.29 is 22.7 Å². The number of ether oxygens (including phenoxy) is 1. The van der Waals surface area contributed by atoms with Crippen molar-refractivity contribution in [3.8, 4) is 0 Å². The van der Waals surface area contributed by atoms with Gasteiger partial charge in [-0.15, -0.1) is 0 Å². The average molecular weight is 517 g/mol. The summed E-state index contributed by atoms with van der Waals surface area (Å²) in [4.78, 5) is 27.0. The highest BCUT2D eigenvalue weighted by Gasteiger charge is 2.42. The summed E-state index contributed by atoms with van der Waals surface area (Å²) in [5.41, 5.74) is 1.99. The number of carbonyl (C=O) groups excluding carboxylic acids is 1. The Balaban J connectivity index is 1.24. The molecule has 1 saturated carbocycles. The lowest BCUT2D eigenvalue weighted by Crippen LogP contribution is -2.53. The van der Waals surface area contributed by atoms with Gasteiger partial charge in [-0.3, -0.25) is 14.5 Å². The molecule has 5 rings (SSSR count). The molecule has 3 aromatic heterocycles. The van der Waals surface area contributed by atoms with E-state index in [0.29, 0.717) is 29.7 Å². The number of likely N-dealkylation sites (N-methyl/N-ethyl adjacent to an activating group) is 1. The smallest absolute Gasteiger partial charge is 0.379 e. The number of nitrogens with zero attached hydrogens (tertiary/aromatic N) is 6. The Morgan fingerprint density at radius 2 is 2.05 bits per heavy atom. The molecule has 0 saturated heterocycles. The number of hydrogen-bond donors (Lipinski definition) is 2. The van der Waals surface area contributed by atoms with Crippen molar-refractivity contribution in [3.05, 3.63) is 53.2 Å². The number of methoxy groups -OCH3 is 1. The van der Waals surface area contributed by atoms with Gasteiger partial charge < -0.3 is 20.3 Å². The lowest BCUT2D eigenvalue weighted by molar-refractivity contribution is -0.141. The zero-order valence-electron chi connectivity index (χ0n) is 20.7. The molecular weight excluding hydrogens is 489 g/mol. The van der Waals surface area contributed by atoms with Gasteiger partial charge in [-0.1, -0.05) is 6.07 Å². The van der Waals surface area contributed by atoms with E-state index in [4.69, 9.17) is 4.74 Å². The zero-order valence-corrected chi connectivity index (χ0v) is 20.7. The molecule has 4 heterocycles. The Morgan fingerprint density at radius 3 is 2.73 bits per heavy atom. The second kappa shape index (κ2) is 9.29. The van der Waals surface area contributed by atoms with Crippen LogP contribution in [0.5, 0.6) is 0 Å². The molecule has 37 heavy (non-hydrogen) atoms. The minimum atomic E-state index is -4.45. The zero-order chi connectivity index (χ0) is 26.5. The molecule has 4 atom stereocenters. The predicted octanol–water partition coefficient (Wildman–Crippen LogP) is 3.53. The number of alkyl halides is 3. The van der Waals surface area contributed by atoms with Crippen LogP contribution in [0.2, 0.25) is 0 Å². The number of aromatic nitrogens is 5. The van der Waals surface area contributed by atoms with Gasteiger partial charge in [-0.2, -0.15) is 23.3 Å². The minimum Gasteiger partial charge on any atom is -0.379 e. The van der Waals surface area contributed by atoms with E-state index in [2.05, 4.69) is 30.7 Å². The van der Waals surface area contributed by atoms with Crippen LogP contribution >= 0.6 is 0 Å². The quantitative estimate of drug-likeness (QED) is 0.491. The van der Waals surface area contributed by atoms with Gasteiger partial charge in [-0.05, 0) is 31.9 Å². The number of hydrogen-bond acceptors (Lipinski definition) is 8. The van der Waals surface area contributed by atoms with E-state index in [0.717, 1.165) is 23.6 Å². The van der Waals surface area contributed by atoms with Crippen molar-refractivity contribution in [2.45, 2.75) is 57.1 Å². The molecule has 1 amide bonds. The summed E-state index contributed by atoms with van der Waals surface area (Å²) in [5, 5.41) is 10.5. The molecular formula is C24H27F3N8O2. The summed E-state index contributed by atoms with van der Waals surface area (Å²) >= 11 is 0. The second-order valence-electron chi connectivity index (χ2n) is 9.38. The maximum atomic E-state index is 12.8. The van der Waals surface area contributed by atoms with Crippen LogP contribution in [-0.4, -0.2) is 56.9 Å². The number of pyridine rings is 1. The van der Waals surface area contributed by atoms with Crippen LogP contribution in [0.15, 0.2) is 30.7 Å². The number of halogens is 3. The largest absolute Gasteiger partial charge is 0.433 e.